The maximum atomic E-state index is 12.1. The van der Waals surface area contributed by atoms with E-state index in [1.807, 2.05) is 6.92 Å². The number of hydrogen-bond acceptors (Lipinski definition) is 7. The van der Waals surface area contributed by atoms with Gasteiger partial charge in [-0.1, -0.05) is 0 Å². The average Bonchev–Trinajstić information content (AvgIpc) is 3.23. The largest absolute Gasteiger partial charge is 0.454 e. The molecule has 0 saturated heterocycles. The van der Waals surface area contributed by atoms with Crippen LogP contribution in [0.2, 0.25) is 0 Å². The van der Waals surface area contributed by atoms with Crippen LogP contribution in [-0.2, 0) is 21.4 Å². The van der Waals surface area contributed by atoms with Gasteiger partial charge in [-0.05, 0) is 32.0 Å². The molecule has 2 amide bonds. The van der Waals surface area contributed by atoms with Gasteiger partial charge in [0.25, 0.3) is 11.8 Å². The van der Waals surface area contributed by atoms with Crippen LogP contribution < -0.4 is 20.1 Å². The number of nitrogens with zero attached hydrogens (tertiary/aromatic N) is 2. The molecule has 0 fully saturated rings. The minimum Gasteiger partial charge on any atom is -0.454 e. The smallest absolute Gasteiger partial charge is 0.325 e. The number of benzene rings is 1. The van der Waals surface area contributed by atoms with Crippen molar-refractivity contribution in [2.24, 2.45) is 7.05 Å². The Hall–Kier alpha value is -3.56. The van der Waals surface area contributed by atoms with Crippen molar-refractivity contribution in [2.45, 2.75) is 13.8 Å². The van der Waals surface area contributed by atoms with E-state index in [1.165, 1.54) is 6.07 Å². The number of hydrogen-bond donors (Lipinski definition) is 2. The van der Waals surface area contributed by atoms with Gasteiger partial charge >= 0.3 is 5.97 Å². The maximum Gasteiger partial charge on any atom is 0.325 e. The van der Waals surface area contributed by atoms with E-state index in [1.54, 1.807) is 30.8 Å². The van der Waals surface area contributed by atoms with Gasteiger partial charge in [0.15, 0.2) is 18.1 Å². The minimum absolute atomic E-state index is 0.104. The van der Waals surface area contributed by atoms with Gasteiger partial charge in [-0.25, -0.2) is 0 Å². The molecule has 3 rings (SSSR count). The van der Waals surface area contributed by atoms with E-state index in [0.29, 0.717) is 28.4 Å². The number of fused-ring (bicyclic) bond motifs is 1. The van der Waals surface area contributed by atoms with E-state index in [2.05, 4.69) is 15.7 Å². The van der Waals surface area contributed by atoms with Crippen LogP contribution in [0.1, 0.15) is 21.7 Å². The van der Waals surface area contributed by atoms with Crippen LogP contribution in [0.4, 0.5) is 5.69 Å². The van der Waals surface area contributed by atoms with Crippen LogP contribution in [0.25, 0.3) is 0 Å². The fourth-order valence-electron chi connectivity index (χ4n) is 2.62. The van der Waals surface area contributed by atoms with Crippen LogP contribution in [0, 0.1) is 13.8 Å². The van der Waals surface area contributed by atoms with Crippen molar-refractivity contribution in [2.75, 3.05) is 25.3 Å². The highest BCUT2D eigenvalue weighted by molar-refractivity contribution is 5.97. The molecule has 2 N–H and O–H groups in total. The lowest BCUT2D eigenvalue weighted by atomic mass is 10.2. The molecular formula is C18H20N4O6. The summed E-state index contributed by atoms with van der Waals surface area (Å²) in [4.78, 5) is 35.8. The molecule has 1 aromatic heterocycles. The Morgan fingerprint density at radius 1 is 1.21 bits per heavy atom. The molecule has 0 saturated carbocycles. The van der Waals surface area contributed by atoms with Crippen LogP contribution in [0.15, 0.2) is 18.2 Å². The van der Waals surface area contributed by atoms with Gasteiger partial charge in [0.2, 0.25) is 6.79 Å². The first-order valence-corrected chi connectivity index (χ1v) is 8.48. The predicted molar refractivity (Wildman–Crippen MR) is 97.2 cm³/mol. The standard InChI is InChI=1S/C18H20N4O6/c1-10-17(11(2)22(3)21-10)20-15(23)8-26-16(24)7-19-18(25)12-4-5-13-14(6-12)28-9-27-13/h4-6H,7-9H2,1-3H3,(H,19,25)(H,20,23). The molecule has 0 spiro atoms. The normalized spacial score (nSPS) is 11.8. The molecule has 10 heteroatoms. The highest BCUT2D eigenvalue weighted by atomic mass is 16.7. The number of esters is 1. The Labute approximate surface area is 160 Å². The van der Waals surface area contributed by atoms with E-state index >= 15 is 0 Å². The highest BCUT2D eigenvalue weighted by Gasteiger charge is 2.17. The van der Waals surface area contributed by atoms with Gasteiger partial charge in [-0.3, -0.25) is 19.1 Å². The zero-order valence-corrected chi connectivity index (χ0v) is 15.7. The third-order valence-electron chi connectivity index (χ3n) is 4.17. The Morgan fingerprint density at radius 3 is 2.68 bits per heavy atom. The molecule has 10 nitrogen and oxygen atoms in total. The lowest BCUT2D eigenvalue weighted by molar-refractivity contribution is -0.146. The molecule has 0 bridgehead atoms. The summed E-state index contributed by atoms with van der Waals surface area (Å²) in [5.74, 6) is -0.672. The minimum atomic E-state index is -0.733. The topological polar surface area (TPSA) is 121 Å². The molecular weight excluding hydrogens is 368 g/mol. The van der Waals surface area contributed by atoms with Crippen molar-refractivity contribution in [3.8, 4) is 11.5 Å². The number of anilines is 1. The number of nitrogens with one attached hydrogen (secondary N) is 2. The van der Waals surface area contributed by atoms with Gasteiger partial charge in [-0.2, -0.15) is 5.10 Å². The Bertz CT molecular complexity index is 936. The van der Waals surface area contributed by atoms with Crippen LogP contribution in [0.5, 0.6) is 11.5 Å². The second-order valence-corrected chi connectivity index (χ2v) is 6.13. The van der Waals surface area contributed by atoms with Crippen molar-refractivity contribution in [3.63, 3.8) is 0 Å². The molecule has 2 heterocycles. The first kappa shape index (κ1) is 19.2. The quantitative estimate of drug-likeness (QED) is 0.698. The van der Waals surface area contributed by atoms with Gasteiger partial charge in [0.05, 0.1) is 17.1 Å². The number of aromatic nitrogens is 2. The highest BCUT2D eigenvalue weighted by Crippen LogP contribution is 2.32. The van der Waals surface area contributed by atoms with Gasteiger partial charge < -0.3 is 24.8 Å². The summed E-state index contributed by atoms with van der Waals surface area (Å²) in [6.07, 6.45) is 0. The monoisotopic (exact) mass is 388 g/mol. The lowest BCUT2D eigenvalue weighted by Gasteiger charge is -2.08. The van der Waals surface area contributed by atoms with Gasteiger partial charge in [0, 0.05) is 12.6 Å². The van der Waals surface area contributed by atoms with Crippen molar-refractivity contribution in [3.05, 3.63) is 35.2 Å². The molecule has 28 heavy (non-hydrogen) atoms. The Kier molecular flexibility index (Phi) is 5.48. The fourth-order valence-corrected chi connectivity index (χ4v) is 2.62. The number of rotatable bonds is 6. The maximum absolute atomic E-state index is 12.1. The fraction of sp³-hybridized carbons (Fsp3) is 0.333. The molecule has 0 radical (unpaired) electrons. The number of amides is 2. The third-order valence-corrected chi connectivity index (χ3v) is 4.17. The van der Waals surface area contributed by atoms with Crippen molar-refractivity contribution >= 4 is 23.5 Å². The second-order valence-electron chi connectivity index (χ2n) is 6.13. The van der Waals surface area contributed by atoms with Crippen LogP contribution in [-0.4, -0.2) is 47.5 Å². The van der Waals surface area contributed by atoms with Crippen molar-refractivity contribution in [1.82, 2.24) is 15.1 Å². The summed E-state index contributed by atoms with van der Waals surface area (Å²) < 4.78 is 16.9. The molecule has 1 aliphatic heterocycles. The molecule has 0 atom stereocenters. The van der Waals surface area contributed by atoms with E-state index in [0.717, 1.165) is 5.69 Å². The van der Waals surface area contributed by atoms with E-state index in [-0.39, 0.29) is 13.3 Å². The second kappa shape index (κ2) is 7.99. The number of aryl methyl sites for hydroxylation is 2. The number of ether oxygens (including phenoxy) is 3. The molecule has 1 aromatic carbocycles. The summed E-state index contributed by atoms with van der Waals surface area (Å²) in [5, 5.41) is 9.27. The molecule has 2 aromatic rings. The summed E-state index contributed by atoms with van der Waals surface area (Å²) >= 11 is 0. The summed E-state index contributed by atoms with van der Waals surface area (Å²) in [5.41, 5.74) is 2.35. The number of carbonyl (C=O) groups excluding carboxylic acids is 3. The van der Waals surface area contributed by atoms with Crippen molar-refractivity contribution in [1.29, 1.82) is 0 Å². The zero-order chi connectivity index (χ0) is 20.3. The lowest BCUT2D eigenvalue weighted by Crippen LogP contribution is -2.32. The molecule has 148 valence electrons. The first-order valence-electron chi connectivity index (χ1n) is 8.48. The Morgan fingerprint density at radius 2 is 1.96 bits per heavy atom. The first-order chi connectivity index (χ1) is 13.3. The average molecular weight is 388 g/mol. The van der Waals surface area contributed by atoms with E-state index in [9.17, 15) is 14.4 Å². The summed E-state index contributed by atoms with van der Waals surface area (Å²) in [7, 11) is 1.76. The van der Waals surface area contributed by atoms with Crippen LogP contribution >= 0.6 is 0 Å². The summed E-state index contributed by atoms with van der Waals surface area (Å²) in [6.45, 7) is 2.85. The number of carbonyl (C=O) groups is 3. The third kappa shape index (κ3) is 4.22. The molecule has 0 aliphatic carbocycles. The van der Waals surface area contributed by atoms with Gasteiger partial charge in [0.1, 0.15) is 6.54 Å². The molecule has 0 unspecified atom stereocenters. The zero-order valence-electron chi connectivity index (χ0n) is 15.7. The SMILES string of the molecule is Cc1nn(C)c(C)c1NC(=O)COC(=O)CNC(=O)c1ccc2c(c1)OCO2. The van der Waals surface area contributed by atoms with Crippen molar-refractivity contribution < 1.29 is 28.6 Å². The predicted octanol–water partition coefficient (Wildman–Crippen LogP) is 0.677. The summed E-state index contributed by atoms with van der Waals surface area (Å²) in [6, 6.07) is 4.69. The van der Waals surface area contributed by atoms with E-state index in [4.69, 9.17) is 14.2 Å². The van der Waals surface area contributed by atoms with E-state index < -0.39 is 24.4 Å². The molecule has 1 aliphatic rings. The van der Waals surface area contributed by atoms with Crippen LogP contribution in [0.3, 0.4) is 0 Å². The Balaban J connectivity index is 1.44. The van der Waals surface area contributed by atoms with Gasteiger partial charge in [-0.15, -0.1) is 0 Å².